The summed E-state index contributed by atoms with van der Waals surface area (Å²) in [5.41, 5.74) is -1.12. The molecule has 0 fully saturated rings. The van der Waals surface area contributed by atoms with Crippen LogP contribution in [0.3, 0.4) is 0 Å². The number of ketones is 1. The largest absolute Gasteiger partial charge is 0.455 e. The van der Waals surface area contributed by atoms with Crippen LogP contribution >= 0.6 is 11.6 Å². The van der Waals surface area contributed by atoms with Gasteiger partial charge in [0.1, 0.15) is 12.7 Å². The molecule has 0 aliphatic heterocycles. The van der Waals surface area contributed by atoms with E-state index in [1.165, 1.54) is 7.11 Å². The van der Waals surface area contributed by atoms with Crippen LogP contribution in [0.5, 0.6) is 0 Å². The predicted octanol–water partition coefficient (Wildman–Crippen LogP) is 1.14. The molecule has 6 heteroatoms. The summed E-state index contributed by atoms with van der Waals surface area (Å²) >= 11 is 5.30. The lowest BCUT2D eigenvalue weighted by Crippen LogP contribution is -2.33. The van der Waals surface area contributed by atoms with Gasteiger partial charge < -0.3 is 9.57 Å². The average molecular weight is 236 g/mol. The minimum Gasteiger partial charge on any atom is -0.455 e. The van der Waals surface area contributed by atoms with Crippen molar-refractivity contribution in [2.75, 3.05) is 13.0 Å². The molecular formula is C9H14ClNO4. The van der Waals surface area contributed by atoms with Gasteiger partial charge in [-0.1, -0.05) is 5.16 Å². The average Bonchev–Trinajstić information content (AvgIpc) is 2.10. The van der Waals surface area contributed by atoms with Crippen molar-refractivity contribution in [1.29, 1.82) is 0 Å². The highest BCUT2D eigenvalue weighted by molar-refractivity contribution is 6.67. The number of rotatable bonds is 4. The Bertz CT molecular complexity index is 280. The zero-order chi connectivity index (χ0) is 12.1. The first-order chi connectivity index (χ1) is 6.81. The molecule has 86 valence electrons. The van der Waals surface area contributed by atoms with Crippen molar-refractivity contribution in [2.45, 2.75) is 26.4 Å². The number of halogens is 1. The fourth-order valence-corrected chi connectivity index (χ4v) is 0.810. The molecule has 0 heterocycles. The number of esters is 1. The Labute approximate surface area is 93.4 Å². The molecule has 0 bridgehead atoms. The van der Waals surface area contributed by atoms with Gasteiger partial charge in [-0.05, 0) is 20.8 Å². The number of hydrogen-bond donors (Lipinski definition) is 0. The van der Waals surface area contributed by atoms with Crippen LogP contribution in [0.2, 0.25) is 0 Å². The number of carbonyl (C=O) groups excluding carboxylic acids is 2. The number of Topliss-reactive ketones (excluding diaryl/α,β-unsaturated/α-hetero) is 1. The lowest BCUT2D eigenvalue weighted by atomic mass is 10.2. The predicted molar refractivity (Wildman–Crippen MR) is 56.0 cm³/mol. The molecule has 15 heavy (non-hydrogen) atoms. The van der Waals surface area contributed by atoms with Crippen LogP contribution in [-0.2, 0) is 19.2 Å². The highest BCUT2D eigenvalue weighted by atomic mass is 35.5. The summed E-state index contributed by atoms with van der Waals surface area (Å²) in [7, 11) is 1.23. The summed E-state index contributed by atoms with van der Waals surface area (Å²) in [5.74, 6) is -1.82. The summed E-state index contributed by atoms with van der Waals surface area (Å²) in [5, 5.41) is 3.29. The molecule has 5 nitrogen and oxygen atoms in total. The fraction of sp³-hybridized carbons (Fsp3) is 0.667. The Morgan fingerprint density at radius 1 is 1.33 bits per heavy atom. The minimum absolute atomic E-state index is 0.346. The monoisotopic (exact) mass is 235 g/mol. The molecule has 0 aliphatic rings. The van der Waals surface area contributed by atoms with E-state index in [2.05, 4.69) is 9.99 Å². The maximum atomic E-state index is 11.4. The van der Waals surface area contributed by atoms with E-state index in [-0.39, 0.29) is 5.88 Å². The number of hydrogen-bond acceptors (Lipinski definition) is 5. The summed E-state index contributed by atoms with van der Waals surface area (Å²) in [6, 6.07) is 0. The van der Waals surface area contributed by atoms with Crippen molar-refractivity contribution in [3.63, 3.8) is 0 Å². The second kappa shape index (κ2) is 5.70. The van der Waals surface area contributed by atoms with Crippen molar-refractivity contribution < 1.29 is 19.2 Å². The Morgan fingerprint density at radius 3 is 2.20 bits per heavy atom. The quantitative estimate of drug-likeness (QED) is 0.241. The highest BCUT2D eigenvalue weighted by Gasteiger charge is 2.26. The highest BCUT2D eigenvalue weighted by Crippen LogP contribution is 2.08. The molecule has 0 saturated carbocycles. The first-order valence-electron chi connectivity index (χ1n) is 4.25. The Kier molecular flexibility index (Phi) is 5.28. The third-order valence-electron chi connectivity index (χ3n) is 1.16. The van der Waals surface area contributed by atoms with Gasteiger partial charge in [0, 0.05) is 0 Å². The molecule has 0 rings (SSSR count). The SMILES string of the molecule is CO/N=C(/C(=O)CCl)C(=O)OC(C)(C)C. The number of carbonyl (C=O) groups is 2. The summed E-state index contributed by atoms with van der Waals surface area (Å²) in [6.45, 7) is 5.04. The maximum Gasteiger partial charge on any atom is 0.364 e. The molecule has 0 aromatic carbocycles. The van der Waals surface area contributed by atoms with Gasteiger partial charge in [-0.3, -0.25) is 4.79 Å². The molecule has 0 unspecified atom stereocenters. The van der Waals surface area contributed by atoms with Crippen LogP contribution in [0.4, 0.5) is 0 Å². The van der Waals surface area contributed by atoms with Crippen LogP contribution < -0.4 is 0 Å². The Balaban J connectivity index is 4.74. The molecule has 0 aromatic rings. The summed E-state index contributed by atoms with van der Waals surface area (Å²) in [6.07, 6.45) is 0. The van der Waals surface area contributed by atoms with E-state index in [4.69, 9.17) is 16.3 Å². The van der Waals surface area contributed by atoms with Gasteiger partial charge >= 0.3 is 5.97 Å². The fourth-order valence-electron chi connectivity index (χ4n) is 0.683. The van der Waals surface area contributed by atoms with Crippen LogP contribution in [0.25, 0.3) is 0 Å². The lowest BCUT2D eigenvalue weighted by molar-refractivity contribution is -0.146. The number of ether oxygens (including phenoxy) is 1. The van der Waals surface area contributed by atoms with E-state index in [0.29, 0.717) is 0 Å². The standard InChI is InChI=1S/C9H14ClNO4/c1-9(2,3)15-8(13)7(11-14-4)6(12)5-10/h5H2,1-4H3/b11-7-. The van der Waals surface area contributed by atoms with E-state index in [9.17, 15) is 9.59 Å². The lowest BCUT2D eigenvalue weighted by Gasteiger charge is -2.19. The molecule has 0 N–H and O–H groups in total. The van der Waals surface area contributed by atoms with Crippen LogP contribution in [0.15, 0.2) is 5.16 Å². The van der Waals surface area contributed by atoms with E-state index in [1.807, 2.05) is 0 Å². The van der Waals surface area contributed by atoms with Crippen molar-refractivity contribution in [1.82, 2.24) is 0 Å². The molecule has 0 radical (unpaired) electrons. The zero-order valence-electron chi connectivity index (χ0n) is 9.17. The molecular weight excluding hydrogens is 222 g/mol. The van der Waals surface area contributed by atoms with Gasteiger partial charge in [0.2, 0.25) is 11.5 Å². The maximum absolute atomic E-state index is 11.4. The third-order valence-corrected chi connectivity index (χ3v) is 1.40. The van der Waals surface area contributed by atoms with E-state index in [1.54, 1.807) is 20.8 Å². The molecule has 0 saturated heterocycles. The Morgan fingerprint density at radius 2 is 1.87 bits per heavy atom. The molecule has 0 spiro atoms. The van der Waals surface area contributed by atoms with Crippen molar-refractivity contribution in [2.24, 2.45) is 5.16 Å². The molecule has 0 aliphatic carbocycles. The first kappa shape index (κ1) is 13.9. The smallest absolute Gasteiger partial charge is 0.364 e. The Hall–Kier alpha value is -1.10. The van der Waals surface area contributed by atoms with Crippen molar-refractivity contribution in [3.05, 3.63) is 0 Å². The first-order valence-corrected chi connectivity index (χ1v) is 4.79. The molecule has 0 aromatic heterocycles. The van der Waals surface area contributed by atoms with Crippen LogP contribution in [0.1, 0.15) is 20.8 Å². The van der Waals surface area contributed by atoms with E-state index >= 15 is 0 Å². The van der Waals surface area contributed by atoms with Gasteiger partial charge in [0.15, 0.2) is 0 Å². The zero-order valence-corrected chi connectivity index (χ0v) is 9.92. The molecule has 0 amide bonds. The van der Waals surface area contributed by atoms with Gasteiger partial charge in [0.05, 0.1) is 5.88 Å². The van der Waals surface area contributed by atoms with E-state index in [0.717, 1.165) is 0 Å². The summed E-state index contributed by atoms with van der Waals surface area (Å²) in [4.78, 5) is 27.0. The number of alkyl halides is 1. The molecule has 0 atom stereocenters. The van der Waals surface area contributed by atoms with Gasteiger partial charge in [-0.15, -0.1) is 11.6 Å². The van der Waals surface area contributed by atoms with Gasteiger partial charge in [-0.2, -0.15) is 0 Å². The third kappa shape index (κ3) is 5.37. The number of oxime groups is 1. The van der Waals surface area contributed by atoms with Crippen molar-refractivity contribution in [3.8, 4) is 0 Å². The normalized spacial score (nSPS) is 12.2. The van der Waals surface area contributed by atoms with Gasteiger partial charge in [0.25, 0.3) is 0 Å². The second-order valence-electron chi connectivity index (χ2n) is 3.68. The van der Waals surface area contributed by atoms with Crippen LogP contribution in [0, 0.1) is 0 Å². The minimum atomic E-state index is -0.838. The van der Waals surface area contributed by atoms with Crippen LogP contribution in [-0.4, -0.2) is 36.1 Å². The van der Waals surface area contributed by atoms with E-state index < -0.39 is 23.1 Å². The topological polar surface area (TPSA) is 65.0 Å². The second-order valence-corrected chi connectivity index (χ2v) is 3.95. The van der Waals surface area contributed by atoms with Gasteiger partial charge in [-0.25, -0.2) is 4.79 Å². The van der Waals surface area contributed by atoms with Crippen molar-refractivity contribution >= 4 is 29.1 Å². The summed E-state index contributed by atoms with van der Waals surface area (Å²) < 4.78 is 4.95. The number of nitrogens with zero attached hydrogens (tertiary/aromatic N) is 1.